The maximum Gasteiger partial charge on any atom is 0.242 e. The van der Waals surface area contributed by atoms with Gasteiger partial charge in [-0.3, -0.25) is 9.59 Å². The molecule has 0 unspecified atom stereocenters. The fraction of sp³-hybridized carbons (Fsp3) is 0.500. The largest absolute Gasteiger partial charge is 0.467 e. The lowest BCUT2D eigenvalue weighted by Gasteiger charge is -2.29. The zero-order valence-electron chi connectivity index (χ0n) is 18.4. The van der Waals surface area contributed by atoms with E-state index in [-0.39, 0.29) is 18.4 Å². The van der Waals surface area contributed by atoms with E-state index in [4.69, 9.17) is 9.15 Å². The summed E-state index contributed by atoms with van der Waals surface area (Å²) >= 11 is 0. The third kappa shape index (κ3) is 7.52. The maximum atomic E-state index is 13.2. The van der Waals surface area contributed by atoms with Crippen molar-refractivity contribution in [3.63, 3.8) is 0 Å². The van der Waals surface area contributed by atoms with E-state index in [1.165, 1.54) is 10.5 Å². The molecule has 0 radical (unpaired) electrons. The number of nitrogens with zero attached hydrogens (tertiary/aromatic N) is 2. The van der Waals surface area contributed by atoms with E-state index in [2.05, 4.69) is 12.1 Å². The first-order chi connectivity index (χ1) is 15.2. The van der Waals surface area contributed by atoms with Crippen LogP contribution in [0.4, 0.5) is 0 Å². The van der Waals surface area contributed by atoms with E-state index in [1.807, 2.05) is 37.3 Å². The van der Waals surface area contributed by atoms with Crippen molar-refractivity contribution < 1.29 is 23.6 Å². The van der Waals surface area contributed by atoms with Crippen molar-refractivity contribution in [2.45, 2.75) is 26.3 Å². The molecule has 1 aromatic heterocycles. The van der Waals surface area contributed by atoms with Gasteiger partial charge in [-0.25, -0.2) is 0 Å². The molecule has 168 valence electrons. The first kappa shape index (κ1) is 23.0. The number of hydrogen-bond donors (Lipinski definition) is 1. The maximum absolute atomic E-state index is 13.2. The molecular weight excluding hydrogens is 394 g/mol. The minimum Gasteiger partial charge on any atom is -0.467 e. The molecule has 1 aliphatic heterocycles. The van der Waals surface area contributed by atoms with Gasteiger partial charge in [0.1, 0.15) is 18.8 Å². The normalized spacial score (nSPS) is 14.4. The first-order valence-electron chi connectivity index (χ1n) is 11.2. The van der Waals surface area contributed by atoms with Gasteiger partial charge >= 0.3 is 0 Å². The van der Waals surface area contributed by atoms with Gasteiger partial charge in [-0.15, -0.1) is 0 Å². The molecule has 0 saturated carbocycles. The third-order valence-corrected chi connectivity index (χ3v) is 5.71. The van der Waals surface area contributed by atoms with E-state index in [9.17, 15) is 9.59 Å². The molecule has 2 heterocycles. The second-order valence-electron chi connectivity index (χ2n) is 7.91. The molecular formula is C24H34N3O4+. The number of quaternary nitrogens is 1. The van der Waals surface area contributed by atoms with Crippen LogP contribution in [0.15, 0.2) is 53.1 Å². The number of rotatable bonds is 11. The van der Waals surface area contributed by atoms with Crippen LogP contribution in [-0.2, 0) is 27.3 Å². The summed E-state index contributed by atoms with van der Waals surface area (Å²) in [4.78, 5) is 30.7. The van der Waals surface area contributed by atoms with Crippen molar-refractivity contribution >= 4 is 11.8 Å². The Labute approximate surface area is 184 Å². The minimum absolute atomic E-state index is 0.0158. The number of carbonyl (C=O) groups is 2. The predicted octanol–water partition coefficient (Wildman–Crippen LogP) is 1.00. The number of nitrogens with one attached hydrogen (secondary N) is 1. The van der Waals surface area contributed by atoms with Crippen LogP contribution < -0.4 is 4.90 Å². The van der Waals surface area contributed by atoms with Crippen LogP contribution in [-0.4, -0.2) is 74.1 Å². The minimum atomic E-state index is -0.0499. The van der Waals surface area contributed by atoms with E-state index in [0.29, 0.717) is 26.1 Å². The molecule has 1 aromatic carbocycles. The Bertz CT molecular complexity index is 788. The van der Waals surface area contributed by atoms with Gasteiger partial charge in [0.15, 0.2) is 0 Å². The lowest BCUT2D eigenvalue weighted by molar-refractivity contribution is -0.907. The molecule has 0 atom stereocenters. The van der Waals surface area contributed by atoms with E-state index >= 15 is 0 Å². The third-order valence-electron chi connectivity index (χ3n) is 5.71. The van der Waals surface area contributed by atoms with Crippen molar-refractivity contribution in [3.8, 4) is 0 Å². The molecule has 0 spiro atoms. The second kappa shape index (κ2) is 12.3. The Kier molecular flexibility index (Phi) is 9.12. The van der Waals surface area contributed by atoms with Crippen LogP contribution in [0.25, 0.3) is 0 Å². The molecule has 0 aliphatic carbocycles. The molecule has 2 aromatic rings. The van der Waals surface area contributed by atoms with Crippen LogP contribution >= 0.6 is 0 Å². The van der Waals surface area contributed by atoms with Gasteiger partial charge in [0.25, 0.3) is 0 Å². The van der Waals surface area contributed by atoms with Crippen LogP contribution in [0.1, 0.15) is 24.7 Å². The SMILES string of the molecule is CCC(=O)N(CC[NH+]1CCOCC1)CC(=O)N(CCc1ccccc1)Cc1ccco1. The summed E-state index contributed by atoms with van der Waals surface area (Å²) in [6, 6.07) is 13.8. The number of morpholine rings is 1. The monoisotopic (exact) mass is 428 g/mol. The Morgan fingerprint density at radius 1 is 0.968 bits per heavy atom. The number of furan rings is 1. The van der Waals surface area contributed by atoms with Crippen molar-refractivity contribution in [2.75, 3.05) is 52.5 Å². The van der Waals surface area contributed by atoms with Crippen LogP contribution in [0.3, 0.4) is 0 Å². The van der Waals surface area contributed by atoms with Gasteiger partial charge in [-0.2, -0.15) is 0 Å². The lowest BCUT2D eigenvalue weighted by Crippen LogP contribution is -3.14. The zero-order valence-corrected chi connectivity index (χ0v) is 18.4. The number of hydrogen-bond acceptors (Lipinski definition) is 4. The van der Waals surface area contributed by atoms with Crippen LogP contribution in [0, 0.1) is 0 Å². The quantitative estimate of drug-likeness (QED) is 0.580. The topological polar surface area (TPSA) is 67.4 Å². The zero-order chi connectivity index (χ0) is 21.9. The molecule has 1 aliphatic rings. The fourth-order valence-electron chi connectivity index (χ4n) is 3.77. The lowest BCUT2D eigenvalue weighted by atomic mass is 10.1. The van der Waals surface area contributed by atoms with Gasteiger partial charge in [-0.05, 0) is 24.1 Å². The van der Waals surface area contributed by atoms with Crippen LogP contribution in [0.2, 0.25) is 0 Å². The van der Waals surface area contributed by atoms with Gasteiger partial charge < -0.3 is 23.9 Å². The summed E-state index contributed by atoms with van der Waals surface area (Å²) in [5.74, 6) is 0.709. The van der Waals surface area contributed by atoms with Crippen molar-refractivity contribution in [1.82, 2.24) is 9.80 Å². The second-order valence-corrected chi connectivity index (χ2v) is 7.91. The standard InChI is InChI=1S/C24H33N3O4/c1-2-23(28)27(13-12-25-14-17-30-18-15-25)20-24(29)26(19-22-9-6-16-31-22)11-10-21-7-4-3-5-8-21/h3-9,16H,2,10-15,17-20H2,1H3/p+1. The van der Waals surface area contributed by atoms with Gasteiger partial charge in [0.05, 0.1) is 45.7 Å². The molecule has 1 N–H and O–H groups in total. The van der Waals surface area contributed by atoms with Crippen molar-refractivity contribution in [2.24, 2.45) is 0 Å². The van der Waals surface area contributed by atoms with E-state index < -0.39 is 0 Å². The average Bonchev–Trinajstić information content (AvgIpc) is 3.33. The number of benzene rings is 1. The highest BCUT2D eigenvalue weighted by molar-refractivity contribution is 5.84. The van der Waals surface area contributed by atoms with E-state index in [1.54, 1.807) is 16.1 Å². The molecule has 0 bridgehead atoms. The molecule has 1 fully saturated rings. The number of ether oxygens (including phenoxy) is 1. The molecule has 7 nitrogen and oxygen atoms in total. The van der Waals surface area contributed by atoms with Crippen molar-refractivity contribution in [1.29, 1.82) is 0 Å². The highest BCUT2D eigenvalue weighted by Crippen LogP contribution is 2.09. The Hall–Kier alpha value is -2.64. The smallest absolute Gasteiger partial charge is 0.242 e. The molecule has 3 rings (SSSR count). The first-order valence-corrected chi connectivity index (χ1v) is 11.2. The van der Waals surface area contributed by atoms with E-state index in [0.717, 1.165) is 45.0 Å². The van der Waals surface area contributed by atoms with Crippen LogP contribution in [0.5, 0.6) is 0 Å². The van der Waals surface area contributed by atoms with Gasteiger partial charge in [0.2, 0.25) is 11.8 Å². The Balaban J connectivity index is 1.62. The van der Waals surface area contributed by atoms with Crippen molar-refractivity contribution in [3.05, 3.63) is 60.1 Å². The number of carbonyl (C=O) groups excluding carboxylic acids is 2. The summed E-state index contributed by atoms with van der Waals surface area (Å²) in [6.07, 6.45) is 2.77. The highest BCUT2D eigenvalue weighted by atomic mass is 16.5. The van der Waals surface area contributed by atoms with Gasteiger partial charge in [-0.1, -0.05) is 37.3 Å². The predicted molar refractivity (Wildman–Crippen MR) is 118 cm³/mol. The summed E-state index contributed by atoms with van der Waals surface area (Å²) < 4.78 is 10.9. The fourth-order valence-corrected chi connectivity index (χ4v) is 3.77. The average molecular weight is 429 g/mol. The molecule has 31 heavy (non-hydrogen) atoms. The highest BCUT2D eigenvalue weighted by Gasteiger charge is 2.23. The summed E-state index contributed by atoms with van der Waals surface area (Å²) in [7, 11) is 0. The summed E-state index contributed by atoms with van der Waals surface area (Å²) in [5.41, 5.74) is 1.18. The molecule has 7 heteroatoms. The Morgan fingerprint density at radius 3 is 2.42 bits per heavy atom. The number of amides is 2. The summed E-state index contributed by atoms with van der Waals surface area (Å²) in [6.45, 7) is 7.76. The molecule has 1 saturated heterocycles. The molecule has 2 amide bonds. The van der Waals surface area contributed by atoms with Gasteiger partial charge in [0, 0.05) is 13.0 Å². The Morgan fingerprint density at radius 2 is 1.74 bits per heavy atom. The summed E-state index contributed by atoms with van der Waals surface area (Å²) in [5, 5.41) is 0.